The molecule has 4 heteroatoms. The number of hydrogen-bond donors (Lipinski definition) is 0. The number of rotatable bonds is 4. The Morgan fingerprint density at radius 2 is 1.00 bits per heavy atom. The van der Waals surface area contributed by atoms with Crippen LogP contribution < -0.4 is 9.47 Å². The monoisotopic (exact) mass is 434 g/mol. The SMILES string of the molecule is O=C(Oc1cccc2ccccc12)[C@@H]1[C@H](C(=O)Oc2cccc3ccccc23)[C@H]2C=C[C@H]1C2. The number of carbonyl (C=O) groups excluding carboxylic acids is 2. The van der Waals surface area contributed by atoms with E-state index in [0.29, 0.717) is 11.5 Å². The van der Waals surface area contributed by atoms with Crippen molar-refractivity contribution in [2.24, 2.45) is 23.7 Å². The molecule has 0 aliphatic heterocycles. The van der Waals surface area contributed by atoms with Crippen molar-refractivity contribution in [2.75, 3.05) is 0 Å². The third kappa shape index (κ3) is 3.39. The fourth-order valence-electron chi connectivity index (χ4n) is 5.39. The van der Waals surface area contributed by atoms with Crippen LogP contribution in [-0.4, -0.2) is 11.9 Å². The molecule has 162 valence electrons. The maximum atomic E-state index is 13.4. The van der Waals surface area contributed by atoms with Crippen molar-refractivity contribution in [1.82, 2.24) is 0 Å². The van der Waals surface area contributed by atoms with Gasteiger partial charge in [-0.25, -0.2) is 0 Å². The largest absolute Gasteiger partial charge is 0.426 e. The molecule has 0 spiro atoms. The molecule has 0 unspecified atom stereocenters. The molecule has 0 radical (unpaired) electrons. The molecule has 1 fully saturated rings. The van der Waals surface area contributed by atoms with Crippen molar-refractivity contribution in [2.45, 2.75) is 6.42 Å². The zero-order valence-corrected chi connectivity index (χ0v) is 17.9. The average molecular weight is 434 g/mol. The van der Waals surface area contributed by atoms with E-state index >= 15 is 0 Å². The minimum absolute atomic E-state index is 0.0115. The van der Waals surface area contributed by atoms with E-state index in [9.17, 15) is 9.59 Å². The van der Waals surface area contributed by atoms with Gasteiger partial charge in [0, 0.05) is 10.8 Å². The highest BCUT2D eigenvalue weighted by atomic mass is 16.5. The van der Waals surface area contributed by atoms with E-state index in [1.165, 1.54) is 0 Å². The number of esters is 2. The van der Waals surface area contributed by atoms with Crippen LogP contribution in [0.3, 0.4) is 0 Å². The highest BCUT2D eigenvalue weighted by Gasteiger charge is 2.53. The van der Waals surface area contributed by atoms with Gasteiger partial charge >= 0.3 is 11.9 Å². The normalized spacial score (nSPS) is 23.2. The van der Waals surface area contributed by atoms with Gasteiger partial charge in [0.2, 0.25) is 0 Å². The lowest BCUT2D eigenvalue weighted by Crippen LogP contribution is -2.37. The Kier molecular flexibility index (Phi) is 4.72. The van der Waals surface area contributed by atoms with Gasteiger partial charge in [-0.1, -0.05) is 84.9 Å². The lowest BCUT2D eigenvalue weighted by molar-refractivity contribution is -0.150. The standard InChI is InChI=1S/C29H22O4/c30-28(32-24-13-5-9-18-7-1-3-11-22(18)24)26-20-15-16-21(17-20)27(26)29(31)33-25-14-6-10-19-8-2-4-12-23(19)25/h1-16,20-21,26-27H,17H2/t20-,21-,26-,27+/m0/s1. The second-order valence-electron chi connectivity index (χ2n) is 8.80. The molecule has 2 aliphatic rings. The van der Waals surface area contributed by atoms with Crippen LogP contribution in [0.4, 0.5) is 0 Å². The summed E-state index contributed by atoms with van der Waals surface area (Å²) in [7, 11) is 0. The lowest BCUT2D eigenvalue weighted by Gasteiger charge is -2.25. The Hall–Kier alpha value is -3.92. The first-order valence-electron chi connectivity index (χ1n) is 11.3. The quantitative estimate of drug-likeness (QED) is 0.227. The summed E-state index contributed by atoms with van der Waals surface area (Å²) in [6.07, 6.45) is 4.85. The molecule has 0 saturated heterocycles. The zero-order valence-electron chi connectivity index (χ0n) is 17.9. The minimum atomic E-state index is -0.554. The first kappa shape index (κ1) is 19.7. The second kappa shape index (κ2) is 7.89. The molecule has 0 amide bonds. The Labute approximate surface area is 191 Å². The fraction of sp³-hybridized carbons (Fsp3) is 0.172. The first-order chi connectivity index (χ1) is 16.2. The van der Waals surface area contributed by atoms with E-state index in [-0.39, 0.29) is 23.8 Å². The summed E-state index contributed by atoms with van der Waals surface area (Å²) in [6.45, 7) is 0. The van der Waals surface area contributed by atoms with Crippen LogP contribution in [0.15, 0.2) is 97.1 Å². The van der Waals surface area contributed by atoms with E-state index in [1.807, 2.05) is 84.9 Å². The molecule has 0 N–H and O–H groups in total. The van der Waals surface area contributed by atoms with Crippen LogP contribution >= 0.6 is 0 Å². The predicted octanol–water partition coefficient (Wildman–Crippen LogP) is 5.94. The molecule has 2 bridgehead atoms. The summed E-state index contributed by atoms with van der Waals surface area (Å²) in [5.74, 6) is -0.837. The van der Waals surface area contributed by atoms with Crippen LogP contribution in [0, 0.1) is 23.7 Å². The van der Waals surface area contributed by atoms with Crippen molar-refractivity contribution in [3.8, 4) is 11.5 Å². The smallest absolute Gasteiger partial charge is 0.315 e. The number of benzene rings is 4. The molecule has 2 aliphatic carbocycles. The van der Waals surface area contributed by atoms with Crippen LogP contribution in [0.1, 0.15) is 6.42 Å². The molecule has 6 rings (SSSR count). The van der Waals surface area contributed by atoms with Crippen molar-refractivity contribution in [3.05, 3.63) is 97.1 Å². The number of hydrogen-bond acceptors (Lipinski definition) is 4. The summed E-state index contributed by atoms with van der Waals surface area (Å²) in [4.78, 5) is 26.7. The highest BCUT2D eigenvalue weighted by Crippen LogP contribution is 2.49. The average Bonchev–Trinajstić information content (AvgIpc) is 3.47. The van der Waals surface area contributed by atoms with Crippen LogP contribution in [-0.2, 0) is 9.59 Å². The van der Waals surface area contributed by atoms with E-state index in [4.69, 9.17) is 9.47 Å². The van der Waals surface area contributed by atoms with E-state index in [2.05, 4.69) is 0 Å². The Morgan fingerprint density at radius 3 is 1.48 bits per heavy atom. The topological polar surface area (TPSA) is 52.6 Å². The van der Waals surface area contributed by atoms with Crippen LogP contribution in [0.2, 0.25) is 0 Å². The van der Waals surface area contributed by atoms with Gasteiger partial charge in [0.15, 0.2) is 0 Å². The summed E-state index contributed by atoms with van der Waals surface area (Å²) < 4.78 is 11.8. The van der Waals surface area contributed by atoms with E-state index < -0.39 is 11.8 Å². The Bertz CT molecular complexity index is 1300. The van der Waals surface area contributed by atoms with Crippen molar-refractivity contribution in [1.29, 1.82) is 0 Å². The van der Waals surface area contributed by atoms with E-state index in [0.717, 1.165) is 28.0 Å². The van der Waals surface area contributed by atoms with Gasteiger partial charge in [0.1, 0.15) is 11.5 Å². The zero-order chi connectivity index (χ0) is 22.4. The van der Waals surface area contributed by atoms with Crippen molar-refractivity contribution >= 4 is 33.5 Å². The molecule has 0 heterocycles. The molecule has 0 aromatic heterocycles. The maximum Gasteiger partial charge on any atom is 0.315 e. The molecule has 4 atom stereocenters. The minimum Gasteiger partial charge on any atom is -0.426 e. The van der Waals surface area contributed by atoms with Gasteiger partial charge in [-0.3, -0.25) is 9.59 Å². The highest BCUT2D eigenvalue weighted by molar-refractivity contribution is 5.94. The van der Waals surface area contributed by atoms with Gasteiger partial charge in [-0.15, -0.1) is 0 Å². The maximum absolute atomic E-state index is 13.4. The number of allylic oxidation sites excluding steroid dienone is 2. The molecular weight excluding hydrogens is 412 g/mol. The third-order valence-electron chi connectivity index (χ3n) is 6.92. The second-order valence-corrected chi connectivity index (χ2v) is 8.80. The first-order valence-corrected chi connectivity index (χ1v) is 11.3. The van der Waals surface area contributed by atoms with Gasteiger partial charge in [0.25, 0.3) is 0 Å². The molecule has 4 aromatic carbocycles. The Morgan fingerprint density at radius 1 is 0.576 bits per heavy atom. The summed E-state index contributed by atoms with van der Waals surface area (Å²) in [6, 6.07) is 26.9. The van der Waals surface area contributed by atoms with Crippen molar-refractivity contribution < 1.29 is 19.1 Å². The molecule has 4 aromatic rings. The number of fused-ring (bicyclic) bond motifs is 4. The summed E-state index contributed by atoms with van der Waals surface area (Å²) >= 11 is 0. The number of ether oxygens (including phenoxy) is 2. The molecule has 4 nitrogen and oxygen atoms in total. The lowest BCUT2D eigenvalue weighted by atomic mass is 9.83. The Balaban J connectivity index is 1.28. The summed E-state index contributed by atoms with van der Waals surface area (Å²) in [5, 5.41) is 3.76. The molecule has 1 saturated carbocycles. The van der Waals surface area contributed by atoms with Gasteiger partial charge < -0.3 is 9.47 Å². The fourth-order valence-corrected chi connectivity index (χ4v) is 5.39. The van der Waals surface area contributed by atoms with Gasteiger partial charge in [-0.05, 0) is 41.2 Å². The third-order valence-corrected chi connectivity index (χ3v) is 6.92. The van der Waals surface area contributed by atoms with Gasteiger partial charge in [0.05, 0.1) is 11.8 Å². The molecule has 33 heavy (non-hydrogen) atoms. The van der Waals surface area contributed by atoms with Gasteiger partial charge in [-0.2, -0.15) is 0 Å². The molecular formula is C29H22O4. The van der Waals surface area contributed by atoms with E-state index in [1.54, 1.807) is 12.1 Å². The number of carbonyl (C=O) groups is 2. The predicted molar refractivity (Wildman–Crippen MR) is 127 cm³/mol. The summed E-state index contributed by atoms with van der Waals surface area (Å²) in [5.41, 5.74) is 0. The van der Waals surface area contributed by atoms with Crippen molar-refractivity contribution in [3.63, 3.8) is 0 Å². The van der Waals surface area contributed by atoms with Crippen LogP contribution in [0.5, 0.6) is 11.5 Å². The van der Waals surface area contributed by atoms with Crippen LogP contribution in [0.25, 0.3) is 21.5 Å².